The van der Waals surface area contributed by atoms with Gasteiger partial charge in [0.2, 0.25) is 0 Å². The molecule has 0 saturated heterocycles. The average molecular weight is 411 g/mol. The van der Waals surface area contributed by atoms with Gasteiger partial charge in [0, 0.05) is 12.6 Å². The van der Waals surface area contributed by atoms with Crippen molar-refractivity contribution in [2.24, 2.45) is 7.05 Å². The smallest absolute Gasteiger partial charge is 0.261 e. The maximum absolute atomic E-state index is 14.3. The SMILES string of the molecule is Cc1nnnn1-c1ccc(F)c(NC(=O)c2ccc3c(=O)n(C)c(=S)[nH]c3c2)c1. The van der Waals surface area contributed by atoms with Crippen LogP contribution in [0.2, 0.25) is 0 Å². The molecule has 9 nitrogen and oxygen atoms in total. The molecule has 2 heterocycles. The molecule has 2 aromatic heterocycles. The Balaban J connectivity index is 1.69. The maximum Gasteiger partial charge on any atom is 0.261 e. The van der Waals surface area contributed by atoms with Crippen molar-refractivity contribution in [3.05, 3.63) is 68.7 Å². The molecular formula is C18H14FN7O2S. The monoisotopic (exact) mass is 411 g/mol. The fourth-order valence-corrected chi connectivity index (χ4v) is 3.05. The van der Waals surface area contributed by atoms with Gasteiger partial charge < -0.3 is 10.3 Å². The molecule has 0 saturated carbocycles. The van der Waals surface area contributed by atoms with Crippen molar-refractivity contribution in [3.8, 4) is 5.69 Å². The van der Waals surface area contributed by atoms with E-state index in [1.54, 1.807) is 14.0 Å². The molecule has 1 amide bonds. The number of carbonyl (C=O) groups is 1. The summed E-state index contributed by atoms with van der Waals surface area (Å²) in [6.45, 7) is 1.70. The Kier molecular flexibility index (Phi) is 4.51. The summed E-state index contributed by atoms with van der Waals surface area (Å²) in [5.41, 5.74) is 0.852. The first-order chi connectivity index (χ1) is 13.8. The van der Waals surface area contributed by atoms with Gasteiger partial charge in [0.25, 0.3) is 11.5 Å². The number of aromatic amines is 1. The molecule has 4 aromatic rings. The summed E-state index contributed by atoms with van der Waals surface area (Å²) in [4.78, 5) is 27.8. The molecule has 0 aliphatic heterocycles. The second kappa shape index (κ2) is 7.02. The van der Waals surface area contributed by atoms with E-state index in [1.165, 1.54) is 45.6 Å². The molecular weight excluding hydrogens is 397 g/mol. The molecule has 2 N–H and O–H groups in total. The first kappa shape index (κ1) is 18.6. The molecule has 11 heteroatoms. The summed E-state index contributed by atoms with van der Waals surface area (Å²) in [7, 11) is 1.56. The van der Waals surface area contributed by atoms with Gasteiger partial charge in [-0.05, 0) is 66.0 Å². The third kappa shape index (κ3) is 3.31. The molecule has 0 bridgehead atoms. The van der Waals surface area contributed by atoms with E-state index in [-0.39, 0.29) is 21.6 Å². The quantitative estimate of drug-likeness (QED) is 0.501. The van der Waals surface area contributed by atoms with Gasteiger partial charge in [-0.3, -0.25) is 14.2 Å². The second-order valence-corrected chi connectivity index (χ2v) is 6.70. The van der Waals surface area contributed by atoms with Crippen LogP contribution in [0.1, 0.15) is 16.2 Å². The number of nitrogens with zero attached hydrogens (tertiary/aromatic N) is 5. The van der Waals surface area contributed by atoms with E-state index >= 15 is 0 Å². The Morgan fingerprint density at radius 1 is 1.24 bits per heavy atom. The molecule has 0 unspecified atom stereocenters. The minimum atomic E-state index is -0.609. The first-order valence-corrected chi connectivity index (χ1v) is 8.85. The minimum Gasteiger partial charge on any atom is -0.332 e. The fraction of sp³-hybridized carbons (Fsp3) is 0.111. The molecule has 0 radical (unpaired) electrons. The largest absolute Gasteiger partial charge is 0.332 e. The normalized spacial score (nSPS) is 11.0. The third-order valence-electron chi connectivity index (χ3n) is 4.43. The number of rotatable bonds is 3. The maximum atomic E-state index is 14.3. The summed E-state index contributed by atoms with van der Waals surface area (Å²) in [6.07, 6.45) is 0. The topological polar surface area (TPSA) is 110 Å². The standard InChI is InChI=1S/C18H14FN7O2S/c1-9-22-23-24-26(9)11-4-6-13(19)15(8-11)20-16(27)10-3-5-12-14(7-10)21-18(29)25(2)17(12)28/h3-8H,1-2H3,(H,20,27)(H,21,29). The summed E-state index contributed by atoms with van der Waals surface area (Å²) in [5, 5.41) is 14.1. The highest BCUT2D eigenvalue weighted by Crippen LogP contribution is 2.20. The Morgan fingerprint density at radius 2 is 2.03 bits per heavy atom. The highest BCUT2D eigenvalue weighted by molar-refractivity contribution is 7.71. The number of carbonyl (C=O) groups excluding carboxylic acids is 1. The van der Waals surface area contributed by atoms with E-state index in [4.69, 9.17) is 12.2 Å². The van der Waals surface area contributed by atoms with Crippen LogP contribution in [-0.4, -0.2) is 35.7 Å². The van der Waals surface area contributed by atoms with Gasteiger partial charge >= 0.3 is 0 Å². The summed E-state index contributed by atoms with van der Waals surface area (Å²) >= 11 is 5.10. The lowest BCUT2D eigenvalue weighted by Crippen LogP contribution is -2.19. The summed E-state index contributed by atoms with van der Waals surface area (Å²) in [5.74, 6) is -0.640. The van der Waals surface area contributed by atoms with Crippen molar-refractivity contribution >= 4 is 34.7 Å². The lowest BCUT2D eigenvalue weighted by atomic mass is 10.1. The van der Waals surface area contributed by atoms with Gasteiger partial charge in [0.15, 0.2) is 10.6 Å². The molecule has 0 aliphatic rings. The van der Waals surface area contributed by atoms with E-state index < -0.39 is 11.7 Å². The minimum absolute atomic E-state index is 0.0283. The van der Waals surface area contributed by atoms with Gasteiger partial charge in [0.05, 0.1) is 22.3 Å². The molecule has 29 heavy (non-hydrogen) atoms. The van der Waals surface area contributed by atoms with Crippen molar-refractivity contribution < 1.29 is 9.18 Å². The van der Waals surface area contributed by atoms with Gasteiger partial charge in [0.1, 0.15) is 5.82 Å². The van der Waals surface area contributed by atoms with E-state index in [1.807, 2.05) is 0 Å². The van der Waals surface area contributed by atoms with E-state index in [0.717, 1.165) is 0 Å². The molecule has 0 fully saturated rings. The van der Waals surface area contributed by atoms with Crippen LogP contribution >= 0.6 is 12.2 Å². The van der Waals surface area contributed by atoms with Gasteiger partial charge in [-0.25, -0.2) is 4.39 Å². The van der Waals surface area contributed by atoms with Crippen LogP contribution in [0.5, 0.6) is 0 Å². The van der Waals surface area contributed by atoms with Crippen LogP contribution < -0.4 is 10.9 Å². The number of fused-ring (bicyclic) bond motifs is 1. The predicted molar refractivity (Wildman–Crippen MR) is 106 cm³/mol. The first-order valence-electron chi connectivity index (χ1n) is 8.44. The highest BCUT2D eigenvalue weighted by Gasteiger charge is 2.14. The number of hydrogen-bond donors (Lipinski definition) is 2. The Labute approximate surface area is 167 Å². The summed E-state index contributed by atoms with van der Waals surface area (Å²) in [6, 6.07) is 8.65. The number of anilines is 1. The van der Waals surface area contributed by atoms with Crippen molar-refractivity contribution in [1.82, 2.24) is 29.8 Å². The lowest BCUT2D eigenvalue weighted by molar-refractivity contribution is 0.102. The predicted octanol–water partition coefficient (Wildman–Crippen LogP) is 2.27. The number of aromatic nitrogens is 6. The van der Waals surface area contributed by atoms with E-state index in [0.29, 0.717) is 22.4 Å². The number of amides is 1. The van der Waals surface area contributed by atoms with Gasteiger partial charge in [-0.2, -0.15) is 4.68 Å². The van der Waals surface area contributed by atoms with Crippen molar-refractivity contribution in [3.63, 3.8) is 0 Å². The van der Waals surface area contributed by atoms with Gasteiger partial charge in [-0.15, -0.1) is 5.10 Å². The lowest BCUT2D eigenvalue weighted by Gasteiger charge is -2.10. The molecule has 2 aromatic carbocycles. The third-order valence-corrected chi connectivity index (χ3v) is 4.81. The fourth-order valence-electron chi connectivity index (χ4n) is 2.85. The van der Waals surface area contributed by atoms with Gasteiger partial charge in [-0.1, -0.05) is 0 Å². The van der Waals surface area contributed by atoms with Crippen LogP contribution in [0.15, 0.2) is 41.2 Å². The number of H-pyrrole nitrogens is 1. The van der Waals surface area contributed by atoms with E-state index in [9.17, 15) is 14.0 Å². The zero-order chi connectivity index (χ0) is 20.7. The molecule has 4 rings (SSSR count). The molecule has 0 atom stereocenters. The van der Waals surface area contributed by atoms with Crippen molar-refractivity contribution in [2.45, 2.75) is 6.92 Å². The second-order valence-electron chi connectivity index (χ2n) is 6.31. The Hall–Kier alpha value is -3.73. The molecule has 0 spiro atoms. The van der Waals surface area contributed by atoms with Crippen LogP contribution in [0.3, 0.4) is 0 Å². The summed E-state index contributed by atoms with van der Waals surface area (Å²) < 4.78 is 17.2. The highest BCUT2D eigenvalue weighted by atomic mass is 32.1. The zero-order valence-corrected chi connectivity index (χ0v) is 16.1. The number of tetrazole rings is 1. The van der Waals surface area contributed by atoms with Crippen LogP contribution in [0.4, 0.5) is 10.1 Å². The van der Waals surface area contributed by atoms with Crippen LogP contribution in [-0.2, 0) is 7.05 Å². The Morgan fingerprint density at radius 3 is 2.76 bits per heavy atom. The number of hydrogen-bond acceptors (Lipinski definition) is 6. The Bertz CT molecular complexity index is 1390. The van der Waals surface area contributed by atoms with Crippen molar-refractivity contribution in [2.75, 3.05) is 5.32 Å². The molecule has 146 valence electrons. The van der Waals surface area contributed by atoms with E-state index in [2.05, 4.69) is 25.8 Å². The number of aryl methyl sites for hydroxylation is 1. The number of benzene rings is 2. The van der Waals surface area contributed by atoms with Crippen molar-refractivity contribution in [1.29, 1.82) is 0 Å². The number of halogens is 1. The average Bonchev–Trinajstić information content (AvgIpc) is 3.13. The number of nitrogens with one attached hydrogen (secondary N) is 2. The zero-order valence-electron chi connectivity index (χ0n) is 15.3. The van der Waals surface area contributed by atoms with Crippen LogP contribution in [0, 0.1) is 17.5 Å². The molecule has 0 aliphatic carbocycles. The van der Waals surface area contributed by atoms with Crippen LogP contribution in [0.25, 0.3) is 16.6 Å².